The topological polar surface area (TPSA) is 76.8 Å². The highest BCUT2D eigenvalue weighted by Gasteiger charge is 2.17. The number of nitrogens with zero attached hydrogens (tertiary/aromatic N) is 5. The highest BCUT2D eigenvalue weighted by molar-refractivity contribution is 5.79. The van der Waals surface area contributed by atoms with Gasteiger partial charge in [-0.25, -0.2) is 4.99 Å². The van der Waals surface area contributed by atoms with Gasteiger partial charge >= 0.3 is 0 Å². The maximum Gasteiger partial charge on any atom is 0.194 e. The molecule has 1 aliphatic rings. The molecule has 3 rings (SSSR count). The Hall–Kier alpha value is -2.61. The average molecular weight is 387 g/mol. The van der Waals surface area contributed by atoms with Crippen LogP contribution in [0.2, 0.25) is 0 Å². The van der Waals surface area contributed by atoms with Gasteiger partial charge in [0.05, 0.1) is 12.6 Å². The lowest BCUT2D eigenvalue weighted by molar-refractivity contribution is 0.113. The number of benzene rings is 1. The number of ether oxygens (including phenoxy) is 2. The molecule has 1 aliphatic heterocycles. The first-order valence-corrected chi connectivity index (χ1v) is 9.77. The first-order chi connectivity index (χ1) is 13.6. The third-order valence-electron chi connectivity index (χ3n) is 4.87. The molecule has 1 aromatic carbocycles. The summed E-state index contributed by atoms with van der Waals surface area (Å²) in [7, 11) is 3.97. The van der Waals surface area contributed by atoms with E-state index in [9.17, 15) is 0 Å². The molecule has 2 aromatic rings. The number of aliphatic imine (C=N–C) groups is 1. The van der Waals surface area contributed by atoms with Gasteiger partial charge in [0.2, 0.25) is 0 Å². The Morgan fingerprint density at radius 1 is 1.36 bits per heavy atom. The Labute approximate surface area is 166 Å². The molecule has 1 unspecified atom stereocenters. The third kappa shape index (κ3) is 5.69. The summed E-state index contributed by atoms with van der Waals surface area (Å²) in [5.41, 5.74) is 0. The van der Waals surface area contributed by atoms with Crippen molar-refractivity contribution < 1.29 is 9.47 Å². The van der Waals surface area contributed by atoms with Crippen LogP contribution < -0.4 is 10.1 Å². The summed E-state index contributed by atoms with van der Waals surface area (Å²) in [6, 6.07) is 9.84. The SMILES string of the molecule is Cc1nnc(CN=C(NCC2CCCO2)N(C)CCOc2ccccc2)n1C. The maximum atomic E-state index is 5.81. The predicted molar refractivity (Wildman–Crippen MR) is 108 cm³/mol. The van der Waals surface area contributed by atoms with Crippen LogP contribution in [0.4, 0.5) is 0 Å². The summed E-state index contributed by atoms with van der Waals surface area (Å²) < 4.78 is 13.5. The minimum Gasteiger partial charge on any atom is -0.492 e. The van der Waals surface area contributed by atoms with Crippen LogP contribution in [0.15, 0.2) is 35.3 Å². The molecule has 8 heteroatoms. The van der Waals surface area contributed by atoms with Crippen LogP contribution in [0.1, 0.15) is 24.5 Å². The highest BCUT2D eigenvalue weighted by Crippen LogP contribution is 2.11. The summed E-state index contributed by atoms with van der Waals surface area (Å²) in [5.74, 6) is 3.40. The van der Waals surface area contributed by atoms with Gasteiger partial charge in [-0.1, -0.05) is 18.2 Å². The van der Waals surface area contributed by atoms with Crippen molar-refractivity contribution in [3.05, 3.63) is 42.0 Å². The minimum atomic E-state index is 0.247. The van der Waals surface area contributed by atoms with E-state index in [0.717, 1.165) is 49.4 Å². The Bertz CT molecular complexity index is 755. The van der Waals surface area contributed by atoms with Crippen LogP contribution in [0.3, 0.4) is 0 Å². The molecule has 0 radical (unpaired) electrons. The van der Waals surface area contributed by atoms with E-state index in [1.807, 2.05) is 55.9 Å². The van der Waals surface area contributed by atoms with E-state index in [0.29, 0.717) is 19.7 Å². The minimum absolute atomic E-state index is 0.247. The average Bonchev–Trinajstić information content (AvgIpc) is 3.34. The molecule has 1 saturated heterocycles. The molecule has 8 nitrogen and oxygen atoms in total. The molecule has 1 N–H and O–H groups in total. The Kier molecular flexibility index (Phi) is 7.25. The summed E-state index contributed by atoms with van der Waals surface area (Å²) in [5, 5.41) is 11.7. The van der Waals surface area contributed by atoms with E-state index >= 15 is 0 Å². The summed E-state index contributed by atoms with van der Waals surface area (Å²) in [4.78, 5) is 6.82. The number of guanidine groups is 1. The van der Waals surface area contributed by atoms with Crippen LogP contribution in [0, 0.1) is 6.92 Å². The van der Waals surface area contributed by atoms with Crippen molar-refractivity contribution in [3.63, 3.8) is 0 Å². The van der Waals surface area contributed by atoms with E-state index in [2.05, 4.69) is 20.4 Å². The smallest absolute Gasteiger partial charge is 0.194 e. The van der Waals surface area contributed by atoms with Gasteiger partial charge in [0.15, 0.2) is 11.8 Å². The molecule has 0 bridgehead atoms. The molecular weight excluding hydrogens is 356 g/mol. The molecular formula is C20H30N6O2. The number of likely N-dealkylation sites (N-methyl/N-ethyl adjacent to an activating group) is 1. The van der Waals surface area contributed by atoms with Crippen LogP contribution >= 0.6 is 0 Å². The predicted octanol–water partition coefficient (Wildman–Crippen LogP) is 1.76. The number of hydrogen-bond acceptors (Lipinski definition) is 5. The van der Waals surface area contributed by atoms with Crippen molar-refractivity contribution >= 4 is 5.96 Å². The fourth-order valence-corrected chi connectivity index (χ4v) is 2.98. The molecule has 28 heavy (non-hydrogen) atoms. The lowest BCUT2D eigenvalue weighted by Crippen LogP contribution is -2.43. The van der Waals surface area contributed by atoms with Crippen LogP contribution in [0.25, 0.3) is 0 Å². The number of nitrogens with one attached hydrogen (secondary N) is 1. The number of para-hydroxylation sites is 1. The fourth-order valence-electron chi connectivity index (χ4n) is 2.98. The van der Waals surface area contributed by atoms with Gasteiger partial charge in [-0.3, -0.25) is 0 Å². The Morgan fingerprint density at radius 2 is 2.18 bits per heavy atom. The standard InChI is InChI=1S/C20H30N6O2/c1-16-23-24-19(26(16)3)15-22-20(21-14-18-10-7-12-27-18)25(2)11-13-28-17-8-5-4-6-9-17/h4-6,8-9,18H,7,10-15H2,1-3H3,(H,21,22). The second-order valence-corrected chi connectivity index (χ2v) is 6.96. The van der Waals surface area contributed by atoms with Gasteiger partial charge < -0.3 is 24.3 Å². The van der Waals surface area contributed by atoms with Crippen LogP contribution in [0.5, 0.6) is 5.75 Å². The first-order valence-electron chi connectivity index (χ1n) is 9.77. The third-order valence-corrected chi connectivity index (χ3v) is 4.87. The summed E-state index contributed by atoms with van der Waals surface area (Å²) >= 11 is 0. The lowest BCUT2D eigenvalue weighted by atomic mass is 10.2. The molecule has 2 heterocycles. The maximum absolute atomic E-state index is 5.81. The van der Waals surface area contributed by atoms with Crippen molar-refractivity contribution in [3.8, 4) is 5.75 Å². The lowest BCUT2D eigenvalue weighted by Gasteiger charge is -2.23. The largest absolute Gasteiger partial charge is 0.492 e. The molecule has 0 spiro atoms. The number of aromatic nitrogens is 3. The molecule has 0 amide bonds. The first kappa shape index (κ1) is 20.1. The summed E-state index contributed by atoms with van der Waals surface area (Å²) in [6.07, 6.45) is 2.46. The van der Waals surface area contributed by atoms with Crippen LogP contribution in [-0.4, -0.2) is 65.1 Å². The second kappa shape index (κ2) is 10.1. The van der Waals surface area contributed by atoms with E-state index < -0.39 is 0 Å². The molecule has 1 atom stereocenters. The van der Waals surface area contributed by atoms with Gasteiger partial charge in [0.1, 0.15) is 24.7 Å². The van der Waals surface area contributed by atoms with Crippen molar-refractivity contribution in [1.82, 2.24) is 25.0 Å². The Balaban J connectivity index is 1.58. The van der Waals surface area contributed by atoms with Crippen molar-refractivity contribution in [2.45, 2.75) is 32.4 Å². The van der Waals surface area contributed by atoms with Gasteiger partial charge in [-0.15, -0.1) is 10.2 Å². The van der Waals surface area contributed by atoms with E-state index in [4.69, 9.17) is 14.5 Å². The van der Waals surface area contributed by atoms with Crippen molar-refractivity contribution in [2.75, 3.05) is 33.4 Å². The zero-order valence-electron chi connectivity index (χ0n) is 17.0. The fraction of sp³-hybridized carbons (Fsp3) is 0.550. The van der Waals surface area contributed by atoms with Crippen LogP contribution in [-0.2, 0) is 18.3 Å². The molecule has 152 valence electrons. The number of hydrogen-bond donors (Lipinski definition) is 1. The monoisotopic (exact) mass is 386 g/mol. The molecule has 0 aliphatic carbocycles. The summed E-state index contributed by atoms with van der Waals surface area (Å²) in [6.45, 7) is 5.28. The van der Waals surface area contributed by atoms with Crippen molar-refractivity contribution in [2.24, 2.45) is 12.0 Å². The zero-order chi connectivity index (χ0) is 19.8. The van der Waals surface area contributed by atoms with Gasteiger partial charge in [-0.05, 0) is 31.9 Å². The van der Waals surface area contributed by atoms with E-state index in [1.165, 1.54) is 0 Å². The molecule has 0 saturated carbocycles. The second-order valence-electron chi connectivity index (χ2n) is 6.96. The van der Waals surface area contributed by atoms with E-state index in [-0.39, 0.29) is 6.10 Å². The van der Waals surface area contributed by atoms with Gasteiger partial charge in [0, 0.05) is 27.2 Å². The van der Waals surface area contributed by atoms with Crippen molar-refractivity contribution in [1.29, 1.82) is 0 Å². The number of aryl methyl sites for hydroxylation is 1. The zero-order valence-corrected chi connectivity index (χ0v) is 17.0. The van der Waals surface area contributed by atoms with Gasteiger partial charge in [0.25, 0.3) is 0 Å². The quantitative estimate of drug-likeness (QED) is 0.550. The number of rotatable bonds is 8. The normalized spacial score (nSPS) is 17.0. The molecule has 1 aromatic heterocycles. The van der Waals surface area contributed by atoms with Gasteiger partial charge in [-0.2, -0.15) is 0 Å². The van der Waals surface area contributed by atoms with E-state index in [1.54, 1.807) is 0 Å². The Morgan fingerprint density at radius 3 is 2.86 bits per heavy atom. The molecule has 1 fully saturated rings. The highest BCUT2D eigenvalue weighted by atomic mass is 16.5.